The van der Waals surface area contributed by atoms with Crippen molar-refractivity contribution in [1.29, 1.82) is 0 Å². The summed E-state index contributed by atoms with van der Waals surface area (Å²) in [4.78, 5) is 24.9. The number of benzene rings is 1. The Bertz CT molecular complexity index is 1290. The van der Waals surface area contributed by atoms with E-state index in [0.717, 1.165) is 55.8 Å². The maximum Gasteiger partial charge on any atom is 0.417 e. The number of anilines is 1. The van der Waals surface area contributed by atoms with Crippen molar-refractivity contribution in [2.75, 3.05) is 4.90 Å². The van der Waals surface area contributed by atoms with Crippen molar-refractivity contribution in [3.63, 3.8) is 0 Å². The van der Waals surface area contributed by atoms with Gasteiger partial charge in [-0.05, 0) is 56.1 Å². The Kier molecular flexibility index (Phi) is 5.94. The second-order valence-corrected chi connectivity index (χ2v) is 10.2. The maximum absolute atomic E-state index is 13.8. The Morgan fingerprint density at radius 2 is 1.78 bits per heavy atom. The minimum absolute atomic E-state index is 0.0207. The zero-order valence-corrected chi connectivity index (χ0v) is 20.0. The molecule has 2 unspecified atom stereocenters. The van der Waals surface area contributed by atoms with Gasteiger partial charge < -0.3 is 19.7 Å². The number of H-pyrrole nitrogens is 1. The van der Waals surface area contributed by atoms with E-state index in [1.54, 1.807) is 12.3 Å². The zero-order valence-electron chi connectivity index (χ0n) is 20.0. The van der Waals surface area contributed by atoms with Crippen molar-refractivity contribution in [3.8, 4) is 11.1 Å². The van der Waals surface area contributed by atoms with Gasteiger partial charge >= 0.3 is 12.1 Å². The Hall–Kier alpha value is -3.40. The van der Waals surface area contributed by atoms with E-state index in [1.165, 1.54) is 24.5 Å². The molecule has 3 aliphatic rings. The van der Waals surface area contributed by atoms with Gasteiger partial charge in [-0.15, -0.1) is 0 Å². The molecule has 3 aromatic rings. The highest BCUT2D eigenvalue weighted by molar-refractivity contribution is 5.85. The molecule has 0 amide bonds. The number of piperidine rings is 1. The molecular weight excluding hydrogens is 485 g/mol. The molecule has 2 saturated heterocycles. The number of carbonyl (C=O) groups is 1. The Labute approximate surface area is 211 Å². The largest absolute Gasteiger partial charge is 0.476 e. The number of carboxylic acids is 1. The van der Waals surface area contributed by atoms with E-state index in [4.69, 9.17) is 9.84 Å². The molecule has 194 valence electrons. The number of aromatic carboxylic acids is 1. The second kappa shape index (κ2) is 9.16. The first-order chi connectivity index (χ1) is 17.8. The van der Waals surface area contributed by atoms with Crippen molar-refractivity contribution in [2.45, 2.75) is 75.4 Å². The van der Waals surface area contributed by atoms with E-state index >= 15 is 0 Å². The number of aromatic amines is 1. The number of ether oxygens (including phenoxy) is 1. The minimum Gasteiger partial charge on any atom is -0.476 e. The molecule has 0 radical (unpaired) electrons. The van der Waals surface area contributed by atoms with Gasteiger partial charge in [0.25, 0.3) is 0 Å². The van der Waals surface area contributed by atoms with Crippen LogP contribution in [0.15, 0.2) is 42.9 Å². The summed E-state index contributed by atoms with van der Waals surface area (Å²) in [6.45, 7) is 0.258. The number of aromatic nitrogens is 3. The highest BCUT2D eigenvalue weighted by Gasteiger charge is 2.42. The first-order valence-electron chi connectivity index (χ1n) is 12.6. The maximum atomic E-state index is 13.8. The summed E-state index contributed by atoms with van der Waals surface area (Å²) >= 11 is 0. The number of alkyl halides is 3. The molecule has 3 fully saturated rings. The number of nitrogens with one attached hydrogen (secondary N) is 1. The lowest BCUT2D eigenvalue weighted by Gasteiger charge is -2.39. The number of rotatable bonds is 7. The van der Waals surface area contributed by atoms with Gasteiger partial charge in [-0.3, -0.25) is 0 Å². The average Bonchev–Trinajstić information content (AvgIpc) is 3.58. The van der Waals surface area contributed by atoms with E-state index in [9.17, 15) is 18.0 Å². The summed E-state index contributed by atoms with van der Waals surface area (Å²) in [5.41, 5.74) is 1.82. The number of nitrogens with zero attached hydrogens (tertiary/aromatic N) is 3. The highest BCUT2D eigenvalue weighted by atomic mass is 19.4. The number of fused-ring (bicyclic) bond motifs is 2. The summed E-state index contributed by atoms with van der Waals surface area (Å²) in [5, 5.41) is 9.09. The van der Waals surface area contributed by atoms with Gasteiger partial charge in [0.1, 0.15) is 5.82 Å². The molecule has 37 heavy (non-hydrogen) atoms. The molecule has 6 rings (SSSR count). The van der Waals surface area contributed by atoms with Crippen LogP contribution in [0, 0.1) is 0 Å². The van der Waals surface area contributed by atoms with Crippen LogP contribution in [-0.4, -0.2) is 44.2 Å². The van der Waals surface area contributed by atoms with Gasteiger partial charge in [0.2, 0.25) is 0 Å². The Morgan fingerprint density at radius 1 is 1.05 bits per heavy atom. The monoisotopic (exact) mass is 512 g/mol. The SMILES string of the molecule is O=C(O)c1cnc(N2C3CCC2CC(OCc2c(-c4ccccc4C(F)(F)F)c[nH]c2C2CC2)C3)cn1. The standard InChI is InChI=1S/C27H27F3N4O3/c28-27(29,30)22-4-2-1-3-19(22)20-11-33-25(15-5-6-15)21(20)14-37-18-9-16-7-8-17(10-18)34(16)24-13-31-23(12-32-24)26(35)36/h1-4,11-13,15-18,33H,5-10,14H2,(H,35,36). The predicted octanol–water partition coefficient (Wildman–Crippen LogP) is 5.78. The molecular formula is C27H27F3N4O3. The van der Waals surface area contributed by atoms with Gasteiger partial charge in [0, 0.05) is 35.1 Å². The number of halogens is 3. The van der Waals surface area contributed by atoms with Crippen LogP contribution in [-0.2, 0) is 17.5 Å². The van der Waals surface area contributed by atoms with Gasteiger partial charge in [-0.25, -0.2) is 14.8 Å². The first-order valence-corrected chi connectivity index (χ1v) is 12.6. The molecule has 2 N–H and O–H groups in total. The minimum atomic E-state index is -4.44. The van der Waals surface area contributed by atoms with Gasteiger partial charge in [0.15, 0.2) is 5.69 Å². The normalized spacial score (nSPS) is 23.4. The molecule has 10 heteroatoms. The lowest BCUT2D eigenvalue weighted by Crippen LogP contribution is -2.46. The predicted molar refractivity (Wildman–Crippen MR) is 129 cm³/mol. The molecule has 7 nitrogen and oxygen atoms in total. The van der Waals surface area contributed by atoms with Crippen LogP contribution in [0.3, 0.4) is 0 Å². The molecule has 1 saturated carbocycles. The van der Waals surface area contributed by atoms with Crippen molar-refractivity contribution < 1.29 is 27.8 Å². The Balaban J connectivity index is 1.20. The van der Waals surface area contributed by atoms with Crippen molar-refractivity contribution in [2.24, 2.45) is 0 Å². The third-order valence-electron chi connectivity index (χ3n) is 7.81. The molecule has 2 aliphatic heterocycles. The van der Waals surface area contributed by atoms with Crippen molar-refractivity contribution in [1.82, 2.24) is 15.0 Å². The highest BCUT2D eigenvalue weighted by Crippen LogP contribution is 2.46. The smallest absolute Gasteiger partial charge is 0.417 e. The molecule has 1 aromatic carbocycles. The van der Waals surface area contributed by atoms with Crippen LogP contribution < -0.4 is 4.90 Å². The van der Waals surface area contributed by atoms with Crippen molar-refractivity contribution >= 4 is 11.8 Å². The van der Waals surface area contributed by atoms with Gasteiger partial charge in [-0.1, -0.05) is 18.2 Å². The molecule has 2 atom stereocenters. The zero-order chi connectivity index (χ0) is 25.7. The summed E-state index contributed by atoms with van der Waals surface area (Å²) in [6, 6.07) is 6.12. The third-order valence-corrected chi connectivity index (χ3v) is 7.81. The molecule has 2 aromatic heterocycles. The van der Waals surface area contributed by atoms with Crippen LogP contribution in [0.25, 0.3) is 11.1 Å². The average molecular weight is 513 g/mol. The Morgan fingerprint density at radius 3 is 2.41 bits per heavy atom. The lowest BCUT2D eigenvalue weighted by molar-refractivity contribution is -0.137. The van der Waals surface area contributed by atoms with E-state index in [-0.39, 0.29) is 36.1 Å². The summed E-state index contributed by atoms with van der Waals surface area (Å²) < 4.78 is 47.7. The van der Waals surface area contributed by atoms with E-state index in [0.29, 0.717) is 17.3 Å². The van der Waals surface area contributed by atoms with Crippen LogP contribution in [0.4, 0.5) is 19.0 Å². The van der Waals surface area contributed by atoms with Crippen LogP contribution in [0.5, 0.6) is 0 Å². The van der Waals surface area contributed by atoms with Gasteiger partial charge in [-0.2, -0.15) is 13.2 Å². The van der Waals surface area contributed by atoms with Gasteiger partial charge in [0.05, 0.1) is 30.7 Å². The first kappa shape index (κ1) is 24.0. The number of hydrogen-bond donors (Lipinski definition) is 2. The summed E-state index contributed by atoms with van der Waals surface area (Å²) in [7, 11) is 0. The molecule has 2 bridgehead atoms. The number of hydrogen-bond acceptors (Lipinski definition) is 5. The van der Waals surface area contributed by atoms with Crippen LogP contribution >= 0.6 is 0 Å². The van der Waals surface area contributed by atoms with E-state index in [1.807, 2.05) is 0 Å². The fourth-order valence-corrected chi connectivity index (χ4v) is 5.97. The molecule has 4 heterocycles. The quantitative estimate of drug-likeness (QED) is 0.417. The fourth-order valence-electron chi connectivity index (χ4n) is 5.97. The van der Waals surface area contributed by atoms with Crippen LogP contribution in [0.2, 0.25) is 0 Å². The number of carboxylic acid groups (broad SMARTS) is 1. The molecule has 1 aliphatic carbocycles. The fraction of sp³-hybridized carbons (Fsp3) is 0.444. The molecule has 0 spiro atoms. The summed E-state index contributed by atoms with van der Waals surface area (Å²) in [6.07, 6.45) is 5.60. The topological polar surface area (TPSA) is 91.3 Å². The van der Waals surface area contributed by atoms with Crippen molar-refractivity contribution in [3.05, 3.63) is 65.4 Å². The lowest BCUT2D eigenvalue weighted by atomic mass is 9.96. The third kappa shape index (κ3) is 4.58. The second-order valence-electron chi connectivity index (χ2n) is 10.2. The van der Waals surface area contributed by atoms with E-state index < -0.39 is 17.7 Å². The summed E-state index contributed by atoms with van der Waals surface area (Å²) in [5.74, 6) is -0.0962. The van der Waals surface area contributed by atoms with Crippen LogP contribution in [0.1, 0.15) is 71.8 Å². The van der Waals surface area contributed by atoms with E-state index in [2.05, 4.69) is 19.9 Å².